The zero-order valence-corrected chi connectivity index (χ0v) is 7.09. The summed E-state index contributed by atoms with van der Waals surface area (Å²) in [4.78, 5) is 3.71. The van der Waals surface area contributed by atoms with Gasteiger partial charge in [-0.25, -0.2) is 8.78 Å². The smallest absolute Gasteiger partial charge is 0.267 e. The highest BCUT2D eigenvalue weighted by molar-refractivity contribution is 5.54. The molecule has 0 bridgehead atoms. The van der Waals surface area contributed by atoms with Gasteiger partial charge in [0.2, 0.25) is 0 Å². The van der Waals surface area contributed by atoms with E-state index in [9.17, 15) is 8.78 Å². The van der Waals surface area contributed by atoms with Crippen LogP contribution >= 0.6 is 0 Å². The highest BCUT2D eigenvalue weighted by Gasteiger charge is 2.15. The molecule has 0 aliphatic heterocycles. The lowest BCUT2D eigenvalue weighted by molar-refractivity contribution is 0.151. The molecule has 1 rings (SSSR count). The number of nitrogens with two attached hydrogens (primary N) is 1. The van der Waals surface area contributed by atoms with Gasteiger partial charge >= 0.3 is 0 Å². The van der Waals surface area contributed by atoms with E-state index in [1.807, 2.05) is 0 Å². The maximum absolute atomic E-state index is 12.3. The number of aliphatic hydroxyl groups is 1. The molecule has 0 amide bonds. The summed E-state index contributed by atoms with van der Waals surface area (Å²) in [6.45, 7) is 1.24. The van der Waals surface area contributed by atoms with Gasteiger partial charge in [-0.05, 0) is 6.92 Å². The fraction of sp³-hybridized carbons (Fsp3) is 0.375. The highest BCUT2D eigenvalue weighted by Crippen LogP contribution is 2.27. The van der Waals surface area contributed by atoms with E-state index >= 15 is 0 Å². The molecule has 0 aliphatic carbocycles. The van der Waals surface area contributed by atoms with Crippen molar-refractivity contribution in [3.8, 4) is 0 Å². The van der Waals surface area contributed by atoms with Crippen molar-refractivity contribution in [1.82, 2.24) is 4.98 Å². The monoisotopic (exact) mass is 188 g/mol. The molecular weight excluding hydrogens is 178 g/mol. The van der Waals surface area contributed by atoms with Crippen LogP contribution in [0.25, 0.3) is 0 Å². The zero-order chi connectivity index (χ0) is 10.0. The highest BCUT2D eigenvalue weighted by atomic mass is 19.3. The number of hydrogen-bond donors (Lipinski definition) is 2. The van der Waals surface area contributed by atoms with Gasteiger partial charge in [0, 0.05) is 23.1 Å². The number of aryl methyl sites for hydroxylation is 1. The number of aromatic nitrogens is 1. The van der Waals surface area contributed by atoms with E-state index < -0.39 is 6.43 Å². The Hall–Kier alpha value is -1.23. The summed E-state index contributed by atoms with van der Waals surface area (Å²) in [5, 5.41) is 8.84. The largest absolute Gasteiger partial charge is 0.398 e. The van der Waals surface area contributed by atoms with Crippen LogP contribution in [0.4, 0.5) is 14.5 Å². The van der Waals surface area contributed by atoms with Crippen LogP contribution in [0.15, 0.2) is 6.20 Å². The van der Waals surface area contributed by atoms with Crippen LogP contribution in [0.5, 0.6) is 0 Å². The molecule has 1 heterocycles. The lowest BCUT2D eigenvalue weighted by Gasteiger charge is -2.10. The van der Waals surface area contributed by atoms with E-state index in [-0.39, 0.29) is 23.4 Å². The summed E-state index contributed by atoms with van der Waals surface area (Å²) in [5.74, 6) is 0. The number of anilines is 1. The second kappa shape index (κ2) is 3.66. The van der Waals surface area contributed by atoms with Crippen molar-refractivity contribution in [3.63, 3.8) is 0 Å². The average molecular weight is 188 g/mol. The molecule has 0 spiro atoms. The van der Waals surface area contributed by atoms with E-state index in [2.05, 4.69) is 4.98 Å². The zero-order valence-electron chi connectivity index (χ0n) is 7.09. The number of alkyl halides is 2. The van der Waals surface area contributed by atoms with Gasteiger partial charge in [0.05, 0.1) is 12.2 Å². The molecule has 0 saturated heterocycles. The van der Waals surface area contributed by atoms with Crippen LogP contribution in [-0.2, 0) is 6.61 Å². The Labute approximate surface area is 74.2 Å². The van der Waals surface area contributed by atoms with E-state index in [0.29, 0.717) is 5.69 Å². The predicted octanol–water partition coefficient (Wildman–Crippen LogP) is 1.40. The van der Waals surface area contributed by atoms with Gasteiger partial charge in [-0.3, -0.25) is 4.98 Å². The minimum atomic E-state index is -2.65. The number of halogens is 2. The number of hydrogen-bond acceptors (Lipinski definition) is 3. The first kappa shape index (κ1) is 9.85. The summed E-state index contributed by atoms with van der Waals surface area (Å²) >= 11 is 0. The van der Waals surface area contributed by atoms with Gasteiger partial charge in [0.25, 0.3) is 6.43 Å². The van der Waals surface area contributed by atoms with Crippen molar-refractivity contribution in [1.29, 1.82) is 0 Å². The number of aliphatic hydroxyl groups excluding tert-OH is 1. The Bertz CT molecular complexity index is 315. The molecule has 5 heteroatoms. The van der Waals surface area contributed by atoms with Crippen LogP contribution in [0.1, 0.15) is 23.2 Å². The molecule has 0 radical (unpaired) electrons. The fourth-order valence-electron chi connectivity index (χ4n) is 1.06. The molecule has 1 aromatic rings. The van der Waals surface area contributed by atoms with Gasteiger partial charge in [0.15, 0.2) is 0 Å². The van der Waals surface area contributed by atoms with E-state index in [1.165, 1.54) is 0 Å². The lowest BCUT2D eigenvalue weighted by Crippen LogP contribution is -2.04. The third kappa shape index (κ3) is 1.75. The second-order valence-electron chi connectivity index (χ2n) is 2.65. The Morgan fingerprint density at radius 2 is 2.23 bits per heavy atom. The summed E-state index contributed by atoms with van der Waals surface area (Å²) in [6, 6.07) is 0. The number of nitrogen functional groups attached to an aromatic ring is 1. The molecule has 0 fully saturated rings. The number of nitrogens with zero attached hydrogens (tertiary/aromatic N) is 1. The second-order valence-corrected chi connectivity index (χ2v) is 2.65. The third-order valence-electron chi connectivity index (χ3n) is 1.86. The van der Waals surface area contributed by atoms with Gasteiger partial charge in [0.1, 0.15) is 0 Å². The molecule has 13 heavy (non-hydrogen) atoms. The van der Waals surface area contributed by atoms with Crippen molar-refractivity contribution in [3.05, 3.63) is 23.0 Å². The first-order valence-electron chi connectivity index (χ1n) is 3.70. The van der Waals surface area contributed by atoms with Crippen molar-refractivity contribution in [2.75, 3.05) is 5.73 Å². The molecule has 3 nitrogen and oxygen atoms in total. The number of rotatable bonds is 2. The Morgan fingerprint density at radius 3 is 2.69 bits per heavy atom. The van der Waals surface area contributed by atoms with Crippen molar-refractivity contribution in [2.24, 2.45) is 0 Å². The number of pyridine rings is 1. The molecule has 0 atom stereocenters. The van der Waals surface area contributed by atoms with Gasteiger partial charge in [-0.2, -0.15) is 0 Å². The quantitative estimate of drug-likeness (QED) is 0.737. The minimum absolute atomic E-state index is 0.0648. The summed E-state index contributed by atoms with van der Waals surface area (Å²) < 4.78 is 24.5. The van der Waals surface area contributed by atoms with E-state index in [1.54, 1.807) is 6.92 Å². The van der Waals surface area contributed by atoms with E-state index in [0.717, 1.165) is 6.20 Å². The minimum Gasteiger partial charge on any atom is -0.398 e. The maximum atomic E-state index is 12.3. The van der Waals surface area contributed by atoms with Crippen molar-refractivity contribution >= 4 is 5.69 Å². The van der Waals surface area contributed by atoms with Crippen LogP contribution in [0.2, 0.25) is 0 Å². The maximum Gasteiger partial charge on any atom is 0.267 e. The van der Waals surface area contributed by atoms with Crippen LogP contribution < -0.4 is 5.73 Å². The molecule has 72 valence electrons. The molecule has 0 aliphatic rings. The van der Waals surface area contributed by atoms with Crippen LogP contribution in [0.3, 0.4) is 0 Å². The first-order valence-corrected chi connectivity index (χ1v) is 3.70. The predicted molar refractivity (Wildman–Crippen MR) is 44.3 cm³/mol. The Kier molecular flexibility index (Phi) is 2.77. The SMILES string of the molecule is Cc1ncc(C(F)F)c(N)c1CO. The standard InChI is InChI=1S/C8H10F2N2O/c1-4-6(3-13)7(11)5(2-12-4)8(9)10/h2,8,13H,3H2,1H3,(H2,11,12). The third-order valence-corrected chi connectivity index (χ3v) is 1.86. The molecular formula is C8H10F2N2O. The molecule has 0 saturated carbocycles. The molecule has 3 N–H and O–H groups in total. The normalized spacial score (nSPS) is 10.8. The Balaban J connectivity index is 3.27. The summed E-state index contributed by atoms with van der Waals surface area (Å²) in [7, 11) is 0. The van der Waals surface area contributed by atoms with Crippen molar-refractivity contribution in [2.45, 2.75) is 20.0 Å². The summed E-state index contributed by atoms with van der Waals surface area (Å²) in [5.41, 5.74) is 5.78. The first-order chi connectivity index (χ1) is 6.07. The topological polar surface area (TPSA) is 59.1 Å². The van der Waals surface area contributed by atoms with Crippen molar-refractivity contribution < 1.29 is 13.9 Å². The van der Waals surface area contributed by atoms with Gasteiger partial charge < -0.3 is 10.8 Å². The summed E-state index contributed by atoms with van der Waals surface area (Å²) in [6.07, 6.45) is -1.62. The van der Waals surface area contributed by atoms with Gasteiger partial charge in [-0.15, -0.1) is 0 Å². The lowest BCUT2D eigenvalue weighted by atomic mass is 10.1. The van der Waals surface area contributed by atoms with Crippen LogP contribution in [-0.4, -0.2) is 10.1 Å². The molecule has 0 unspecified atom stereocenters. The molecule has 1 aromatic heterocycles. The fourth-order valence-corrected chi connectivity index (χ4v) is 1.06. The molecule has 0 aromatic carbocycles. The van der Waals surface area contributed by atoms with Crippen LogP contribution in [0, 0.1) is 6.92 Å². The Morgan fingerprint density at radius 1 is 1.62 bits per heavy atom. The average Bonchev–Trinajstić information content (AvgIpc) is 2.04. The van der Waals surface area contributed by atoms with Gasteiger partial charge in [-0.1, -0.05) is 0 Å². The van der Waals surface area contributed by atoms with E-state index in [4.69, 9.17) is 10.8 Å².